The monoisotopic (exact) mass is 1230 g/mol. The summed E-state index contributed by atoms with van der Waals surface area (Å²) in [6.45, 7) is 7.23. The van der Waals surface area contributed by atoms with E-state index >= 15 is 35.1 Å². The average Bonchev–Trinajstić information content (AvgIpc) is 0.782. The number of rotatable bonds is 38. The van der Waals surface area contributed by atoms with Crippen LogP contribution in [0.2, 0.25) is 0 Å². The van der Waals surface area contributed by atoms with Gasteiger partial charge in [0.25, 0.3) is 0 Å². The third kappa shape index (κ3) is 19.5. The lowest BCUT2D eigenvalue weighted by atomic mass is 9.12. The zero-order chi connectivity index (χ0) is 62.0. The molecule has 0 N–H and O–H groups in total. The van der Waals surface area contributed by atoms with Crippen LogP contribution in [0.4, 0.5) is 87.8 Å². The van der Waals surface area contributed by atoms with Crippen molar-refractivity contribution in [3.05, 3.63) is 116 Å². The van der Waals surface area contributed by atoms with E-state index in [0.29, 0.717) is 0 Å². The van der Waals surface area contributed by atoms with Crippen molar-refractivity contribution in [1.29, 1.82) is 0 Å². The molecule has 0 aliphatic carbocycles. The lowest BCUT2D eigenvalue weighted by Crippen LogP contribution is -2.81. The quantitative estimate of drug-likeness (QED) is 0.0105. The number of halogens is 20. The highest BCUT2D eigenvalue weighted by Gasteiger charge is 2.52. The first kappa shape index (κ1) is 73.2. The minimum Gasteiger partial charge on any atom is -0.207 e. The highest BCUT2D eigenvalue weighted by atomic mass is 31.1. The van der Waals surface area contributed by atoms with Crippen LogP contribution in [0.25, 0.3) is 0 Å². The van der Waals surface area contributed by atoms with E-state index in [1.165, 1.54) is 205 Å². The van der Waals surface area contributed by atoms with E-state index in [9.17, 15) is 52.7 Å². The van der Waals surface area contributed by atoms with Crippen molar-refractivity contribution in [1.82, 2.24) is 0 Å². The molecule has 0 saturated carbocycles. The van der Waals surface area contributed by atoms with Crippen LogP contribution < -0.4 is 21.9 Å². The number of benzene rings is 4. The molecular formula is C61H78BF20P. The van der Waals surface area contributed by atoms with Crippen molar-refractivity contribution in [3.8, 4) is 0 Å². The van der Waals surface area contributed by atoms with Crippen molar-refractivity contribution < 1.29 is 87.8 Å². The van der Waals surface area contributed by atoms with Gasteiger partial charge in [-0.05, 0) is 33.6 Å². The molecule has 0 atom stereocenters. The van der Waals surface area contributed by atoms with Gasteiger partial charge >= 0.3 is 0 Å². The van der Waals surface area contributed by atoms with E-state index in [4.69, 9.17) is 0 Å². The minimum absolute atomic E-state index is 0.0270. The Balaban J connectivity index is 0.000000443. The van der Waals surface area contributed by atoms with Gasteiger partial charge in [0.05, 0.1) is 12.3 Å². The highest BCUT2D eigenvalue weighted by Crippen LogP contribution is 2.34. The van der Waals surface area contributed by atoms with Crippen LogP contribution in [0.1, 0.15) is 219 Å². The largest absolute Gasteiger partial charge is 0.207 e. The Kier molecular flexibility index (Phi) is 33.1. The standard InChI is InChI=1S/C37H77P.C24BF20/c1-4-6-8-10-12-14-16-18-20-22-24-26-28-30-32-34-36-38(3)37-35-33-31-29-27-25-23-21-19-17-15-13-11-9-7-5-2;26-5-1(6(27)14(35)21(42)13(5)34)25(2-7(28)15(36)22(43)16(37)8(2)29,3-9(30)17(38)23(44)18(39)10(3)31)4-11(32)19(40)24(45)20(41)12(4)33/h4-37H2,1-3H3;/q;-1/p+1. The first-order valence-electron chi connectivity index (χ1n) is 29.6. The summed E-state index contributed by atoms with van der Waals surface area (Å²) in [5, 5.41) is 0. The molecular weight excluding hydrogens is 1150 g/mol. The molecule has 22 heteroatoms. The van der Waals surface area contributed by atoms with Gasteiger partial charge in [-0.3, -0.25) is 0 Å². The fourth-order valence-corrected chi connectivity index (χ4v) is 12.9. The van der Waals surface area contributed by atoms with Gasteiger partial charge in [-0.15, -0.1) is 21.9 Å². The fraction of sp³-hybridized carbons (Fsp3) is 0.607. The first-order valence-corrected chi connectivity index (χ1v) is 32.0. The number of hydrogen-bond acceptors (Lipinski definition) is 0. The molecule has 0 bridgehead atoms. The summed E-state index contributed by atoms with van der Waals surface area (Å²) in [6.07, 6.45) is 43.5. The SMILES string of the molecule is CCCCCCCCCCCCCCCCCC[PH+](C)CCCCCCCCCCCCCCCCCC.Fc1c(F)c(F)c([B-](c2c(F)c(F)c(F)c(F)c2F)(c2c(F)c(F)c(F)c(F)c2F)c2c(F)c(F)c(F)c(F)c2F)c(F)c1F. The molecule has 0 spiro atoms. The van der Waals surface area contributed by atoms with Gasteiger partial charge in [0.15, 0.2) is 69.8 Å². The van der Waals surface area contributed by atoms with Gasteiger partial charge in [-0.2, -0.15) is 0 Å². The second-order valence-electron chi connectivity index (χ2n) is 21.9. The van der Waals surface area contributed by atoms with Crippen LogP contribution in [0.15, 0.2) is 0 Å². The molecule has 0 unspecified atom stereocenters. The molecule has 4 rings (SSSR count). The Morgan fingerprint density at radius 1 is 0.193 bits per heavy atom. The van der Waals surface area contributed by atoms with Crippen LogP contribution in [0.3, 0.4) is 0 Å². The van der Waals surface area contributed by atoms with E-state index in [1.807, 2.05) is 0 Å². The topological polar surface area (TPSA) is 0 Å². The van der Waals surface area contributed by atoms with Crippen molar-refractivity contribution >= 4 is 35.9 Å². The summed E-state index contributed by atoms with van der Waals surface area (Å²) in [5.74, 6) is -71.4. The normalized spacial score (nSPS) is 11.9. The molecule has 83 heavy (non-hydrogen) atoms. The summed E-state index contributed by atoms with van der Waals surface area (Å²) >= 11 is 0. The highest BCUT2D eigenvalue weighted by molar-refractivity contribution is 7.56. The van der Waals surface area contributed by atoms with Gasteiger partial charge in [-0.25, -0.2) is 87.8 Å². The Labute approximate surface area is 477 Å². The number of hydrogen-bond donors (Lipinski definition) is 0. The van der Waals surface area contributed by atoms with Gasteiger partial charge in [0.2, 0.25) is 0 Å². The van der Waals surface area contributed by atoms with E-state index in [-0.39, 0.29) is 7.92 Å². The van der Waals surface area contributed by atoms with Crippen molar-refractivity contribution in [2.75, 3.05) is 19.0 Å². The summed E-state index contributed by atoms with van der Waals surface area (Å²) < 4.78 is 294. The Bertz CT molecular complexity index is 2210. The molecule has 0 heterocycles. The molecule has 4 aromatic carbocycles. The molecule has 4 aromatic rings. The van der Waals surface area contributed by atoms with Crippen molar-refractivity contribution in [2.45, 2.75) is 219 Å². The molecule has 0 aliphatic heterocycles. The van der Waals surface area contributed by atoms with Crippen LogP contribution in [-0.2, 0) is 0 Å². The van der Waals surface area contributed by atoms with E-state index in [0.717, 1.165) is 0 Å². The second-order valence-corrected chi connectivity index (χ2v) is 24.8. The van der Waals surface area contributed by atoms with Gasteiger partial charge in [-0.1, -0.05) is 194 Å². The molecule has 0 aliphatic rings. The predicted molar refractivity (Wildman–Crippen MR) is 292 cm³/mol. The smallest absolute Gasteiger partial charge is 0.200 e. The summed E-state index contributed by atoms with van der Waals surface area (Å²) in [6, 6.07) is 0. The van der Waals surface area contributed by atoms with Crippen LogP contribution in [0.5, 0.6) is 0 Å². The molecule has 0 aromatic heterocycles. The van der Waals surface area contributed by atoms with Crippen LogP contribution in [0, 0.1) is 116 Å². The third-order valence-corrected chi connectivity index (χ3v) is 18.0. The van der Waals surface area contributed by atoms with Gasteiger partial charge < -0.3 is 0 Å². The molecule has 470 valence electrons. The third-order valence-electron chi connectivity index (χ3n) is 15.6. The Morgan fingerprint density at radius 3 is 0.458 bits per heavy atom. The summed E-state index contributed by atoms with van der Waals surface area (Å²) in [4.78, 5) is 0. The van der Waals surface area contributed by atoms with E-state index in [1.54, 1.807) is 12.3 Å². The molecule has 0 radical (unpaired) electrons. The average molecular weight is 1230 g/mol. The zero-order valence-corrected chi connectivity index (χ0v) is 48.7. The lowest BCUT2D eigenvalue weighted by molar-refractivity contribution is 0.378. The summed E-state index contributed by atoms with van der Waals surface area (Å²) in [7, 11) is -0.0270. The van der Waals surface area contributed by atoms with Crippen molar-refractivity contribution in [3.63, 3.8) is 0 Å². The lowest BCUT2D eigenvalue weighted by Gasteiger charge is -2.44. The first-order chi connectivity index (χ1) is 39.5. The van der Waals surface area contributed by atoms with Gasteiger partial charge in [0, 0.05) is 6.66 Å². The van der Waals surface area contributed by atoms with E-state index < -0.39 is 144 Å². The van der Waals surface area contributed by atoms with Crippen molar-refractivity contribution in [2.24, 2.45) is 0 Å². The summed E-state index contributed by atoms with van der Waals surface area (Å²) in [5.41, 5.74) is -14.3. The van der Waals surface area contributed by atoms with Crippen LogP contribution in [-0.4, -0.2) is 25.1 Å². The molecule has 0 nitrogen and oxygen atoms in total. The number of unbranched alkanes of at least 4 members (excludes halogenated alkanes) is 30. The Hall–Kier alpha value is -4.03. The Morgan fingerprint density at radius 2 is 0.313 bits per heavy atom. The maximum Gasteiger partial charge on any atom is 0.200 e. The second kappa shape index (κ2) is 37.5. The molecule has 0 fully saturated rings. The van der Waals surface area contributed by atoms with Gasteiger partial charge in [0.1, 0.15) is 52.7 Å². The fourth-order valence-electron chi connectivity index (χ4n) is 10.9. The maximum absolute atomic E-state index is 15.4. The zero-order valence-electron chi connectivity index (χ0n) is 47.7. The molecule has 0 amide bonds. The minimum atomic E-state index is -7.22. The maximum atomic E-state index is 15.4. The van der Waals surface area contributed by atoms with Crippen LogP contribution >= 0.6 is 7.92 Å². The van der Waals surface area contributed by atoms with E-state index in [2.05, 4.69) is 20.5 Å². The predicted octanol–water partition coefficient (Wildman–Crippen LogP) is 20.2. The molecule has 0 saturated heterocycles.